The van der Waals surface area contributed by atoms with E-state index in [1.54, 1.807) is 27.2 Å². The third-order valence-electron chi connectivity index (χ3n) is 8.89. The van der Waals surface area contributed by atoms with Crippen LogP contribution in [0.15, 0.2) is 55.0 Å². The average molecular weight is 681 g/mol. The summed E-state index contributed by atoms with van der Waals surface area (Å²) in [6.07, 6.45) is 7.12. The molecule has 14 heteroatoms. The molecule has 0 unspecified atom stereocenters. The Hall–Kier alpha value is -4.95. The molecule has 1 N–H and O–H groups in total. The molecule has 4 aromatic heterocycles. The maximum atomic E-state index is 13.8. The van der Waals surface area contributed by atoms with E-state index in [-0.39, 0.29) is 23.8 Å². The Labute approximate surface area is 288 Å². The van der Waals surface area contributed by atoms with Crippen molar-refractivity contribution in [1.82, 2.24) is 44.7 Å². The van der Waals surface area contributed by atoms with Gasteiger partial charge in [0.2, 0.25) is 11.8 Å². The maximum absolute atomic E-state index is 13.8. The van der Waals surface area contributed by atoms with Crippen LogP contribution in [0.4, 0.5) is 5.82 Å². The zero-order valence-electron chi connectivity index (χ0n) is 28.2. The highest BCUT2D eigenvalue weighted by Crippen LogP contribution is 2.32. The summed E-state index contributed by atoms with van der Waals surface area (Å²) in [6.45, 7) is 9.18. The summed E-state index contributed by atoms with van der Waals surface area (Å²) < 4.78 is 7.46. The maximum Gasteiger partial charge on any atom is 0.237 e. The molecule has 254 valence electrons. The van der Waals surface area contributed by atoms with Gasteiger partial charge in [-0.05, 0) is 82.1 Å². The molecule has 2 aliphatic heterocycles. The standard InChI is InChI=1S/C35H40N10O3S/c1-5-45(29-11-10-27-32(38-29)31(40-39-27)23-6-8-26(9-7-23)48-22(2)3)35(47)25-12-15-43(19-25)20-30(46)44-16-13-24(14-17-44)34-36-18-28(49-34)33-37-21-42(4)41-33/h6-11,13,18,21-22,25H,5,12,14-17,19-20H2,1-4H3,(H,39,40)/t25-/m1/s1. The summed E-state index contributed by atoms with van der Waals surface area (Å²) in [5, 5.41) is 12.9. The Balaban J connectivity index is 0.960. The number of anilines is 1. The van der Waals surface area contributed by atoms with Crippen LogP contribution in [0.5, 0.6) is 5.75 Å². The van der Waals surface area contributed by atoms with Crippen molar-refractivity contribution >= 4 is 45.6 Å². The van der Waals surface area contributed by atoms with Crippen LogP contribution in [0.1, 0.15) is 38.6 Å². The molecule has 0 spiro atoms. The van der Waals surface area contributed by atoms with E-state index in [9.17, 15) is 9.59 Å². The predicted octanol–water partition coefficient (Wildman–Crippen LogP) is 4.65. The molecule has 1 saturated heterocycles. The molecule has 49 heavy (non-hydrogen) atoms. The van der Waals surface area contributed by atoms with E-state index in [4.69, 9.17) is 9.72 Å². The molecular weight excluding hydrogens is 641 g/mol. The molecule has 1 aromatic carbocycles. The smallest absolute Gasteiger partial charge is 0.237 e. The fourth-order valence-electron chi connectivity index (χ4n) is 6.39. The van der Waals surface area contributed by atoms with Gasteiger partial charge >= 0.3 is 0 Å². The van der Waals surface area contributed by atoms with Gasteiger partial charge in [-0.3, -0.25) is 29.2 Å². The van der Waals surface area contributed by atoms with Crippen molar-refractivity contribution in [3.63, 3.8) is 0 Å². The number of benzene rings is 1. The summed E-state index contributed by atoms with van der Waals surface area (Å²) in [5.74, 6) is 1.96. The number of nitrogens with one attached hydrogen (secondary N) is 1. The van der Waals surface area contributed by atoms with E-state index in [0.29, 0.717) is 62.8 Å². The molecule has 0 aliphatic carbocycles. The predicted molar refractivity (Wildman–Crippen MR) is 189 cm³/mol. The summed E-state index contributed by atoms with van der Waals surface area (Å²) in [6, 6.07) is 11.6. The van der Waals surface area contributed by atoms with Gasteiger partial charge in [0, 0.05) is 45.0 Å². The second-order valence-corrected chi connectivity index (χ2v) is 13.8. The molecule has 5 aromatic rings. The number of rotatable bonds is 10. The first-order chi connectivity index (χ1) is 23.7. The minimum atomic E-state index is -0.205. The van der Waals surface area contributed by atoms with Crippen LogP contribution in [0.25, 0.3) is 38.6 Å². The number of carbonyl (C=O) groups is 2. The zero-order valence-corrected chi connectivity index (χ0v) is 29.0. The number of amides is 2. The lowest BCUT2D eigenvalue weighted by Crippen LogP contribution is -2.42. The number of ether oxygens (including phenoxy) is 1. The van der Waals surface area contributed by atoms with E-state index in [1.165, 1.54) is 0 Å². The van der Waals surface area contributed by atoms with Gasteiger partial charge in [-0.15, -0.1) is 11.3 Å². The average Bonchev–Trinajstić information content (AvgIpc) is 3.92. The lowest BCUT2D eigenvalue weighted by molar-refractivity contribution is -0.132. The number of likely N-dealkylation sites (tertiary alicyclic amines) is 1. The number of fused-ring (bicyclic) bond motifs is 1. The molecule has 0 radical (unpaired) electrons. The van der Waals surface area contributed by atoms with E-state index in [2.05, 4.69) is 36.2 Å². The van der Waals surface area contributed by atoms with E-state index >= 15 is 0 Å². The van der Waals surface area contributed by atoms with Gasteiger partial charge in [-0.1, -0.05) is 6.08 Å². The molecule has 2 amide bonds. The third kappa shape index (κ3) is 6.97. The highest BCUT2D eigenvalue weighted by atomic mass is 32.1. The zero-order chi connectivity index (χ0) is 34.1. The highest BCUT2D eigenvalue weighted by molar-refractivity contribution is 7.16. The Kier molecular flexibility index (Phi) is 9.23. The number of H-pyrrole nitrogens is 1. The second kappa shape index (κ2) is 13.9. The molecule has 1 fully saturated rings. The Bertz CT molecular complexity index is 2000. The molecule has 2 aliphatic rings. The summed E-state index contributed by atoms with van der Waals surface area (Å²) in [7, 11) is 1.84. The first kappa shape index (κ1) is 32.6. The first-order valence-electron chi connectivity index (χ1n) is 16.7. The van der Waals surface area contributed by atoms with E-state index < -0.39 is 0 Å². The van der Waals surface area contributed by atoms with Gasteiger partial charge in [0.05, 0.1) is 29.0 Å². The van der Waals surface area contributed by atoms with Crippen LogP contribution in [0, 0.1) is 5.92 Å². The number of hydrogen-bond acceptors (Lipinski definition) is 10. The van der Waals surface area contributed by atoms with E-state index in [0.717, 1.165) is 44.4 Å². The highest BCUT2D eigenvalue weighted by Gasteiger charge is 2.34. The monoisotopic (exact) mass is 680 g/mol. The van der Waals surface area contributed by atoms with Gasteiger partial charge in [0.1, 0.15) is 34.1 Å². The lowest BCUT2D eigenvalue weighted by atomic mass is 10.1. The van der Waals surface area contributed by atoms with Crippen molar-refractivity contribution in [3.05, 3.63) is 60.0 Å². The molecule has 1 atom stereocenters. The van der Waals surface area contributed by atoms with Crippen molar-refractivity contribution in [1.29, 1.82) is 0 Å². The molecule has 6 heterocycles. The number of aromatic amines is 1. The first-order valence-corrected chi connectivity index (χ1v) is 17.5. The normalized spacial score (nSPS) is 16.8. The van der Waals surface area contributed by atoms with Crippen LogP contribution in [-0.2, 0) is 16.6 Å². The minimum Gasteiger partial charge on any atom is -0.491 e. The SMILES string of the molecule is CCN(C(=O)[C@@H]1CCN(CC(=O)N2CC=C(c3ncc(-c4ncn(C)n4)s3)CC2)C1)c1ccc2[nH]nc(-c3ccc(OC(C)C)cc3)c2n1. The van der Waals surface area contributed by atoms with Crippen molar-refractivity contribution in [2.45, 2.75) is 39.7 Å². The van der Waals surface area contributed by atoms with E-state index in [1.807, 2.05) is 75.3 Å². The van der Waals surface area contributed by atoms with Gasteiger partial charge in [0.25, 0.3) is 0 Å². The number of pyridine rings is 1. The number of carbonyl (C=O) groups excluding carboxylic acids is 2. The number of hydrogen-bond donors (Lipinski definition) is 1. The number of aromatic nitrogens is 7. The summed E-state index contributed by atoms with van der Waals surface area (Å²) >= 11 is 1.57. The van der Waals surface area contributed by atoms with Crippen molar-refractivity contribution in [2.75, 3.05) is 44.2 Å². The molecule has 0 bridgehead atoms. The number of nitrogens with zero attached hydrogens (tertiary/aromatic N) is 9. The van der Waals surface area contributed by atoms with Crippen LogP contribution in [-0.4, -0.2) is 102 Å². The fourth-order valence-corrected chi connectivity index (χ4v) is 7.31. The molecule has 7 rings (SSSR count). The van der Waals surface area contributed by atoms with Crippen LogP contribution < -0.4 is 9.64 Å². The van der Waals surface area contributed by atoms with Gasteiger partial charge in [-0.25, -0.2) is 15.0 Å². The van der Waals surface area contributed by atoms with Gasteiger partial charge in [0.15, 0.2) is 5.82 Å². The lowest BCUT2D eigenvalue weighted by Gasteiger charge is -2.28. The van der Waals surface area contributed by atoms with Crippen molar-refractivity contribution in [2.24, 2.45) is 13.0 Å². The summed E-state index contributed by atoms with van der Waals surface area (Å²) in [5.41, 5.74) is 4.28. The number of aryl methyl sites for hydroxylation is 1. The fraction of sp³-hybridized carbons (Fsp3) is 0.400. The van der Waals surface area contributed by atoms with Crippen molar-refractivity contribution < 1.29 is 14.3 Å². The van der Waals surface area contributed by atoms with Crippen LogP contribution in [0.3, 0.4) is 0 Å². The minimum absolute atomic E-state index is 0.0267. The van der Waals surface area contributed by atoms with Gasteiger partial charge < -0.3 is 9.64 Å². The quantitative estimate of drug-likeness (QED) is 0.223. The van der Waals surface area contributed by atoms with Crippen LogP contribution in [0.2, 0.25) is 0 Å². The summed E-state index contributed by atoms with van der Waals surface area (Å²) in [4.78, 5) is 47.6. The molecule has 0 saturated carbocycles. The van der Waals surface area contributed by atoms with Crippen LogP contribution >= 0.6 is 11.3 Å². The Morgan fingerprint density at radius 3 is 2.67 bits per heavy atom. The third-order valence-corrected chi connectivity index (χ3v) is 9.96. The molecule has 13 nitrogen and oxygen atoms in total. The van der Waals surface area contributed by atoms with Gasteiger partial charge in [-0.2, -0.15) is 10.2 Å². The molecular formula is C35H40N10O3S. The Morgan fingerprint density at radius 2 is 1.96 bits per heavy atom. The number of thiazole rings is 1. The van der Waals surface area contributed by atoms with Crippen molar-refractivity contribution in [3.8, 4) is 27.7 Å². The second-order valence-electron chi connectivity index (χ2n) is 12.7. The Morgan fingerprint density at radius 1 is 1.12 bits per heavy atom. The topological polar surface area (TPSA) is 138 Å². The largest absolute Gasteiger partial charge is 0.491 e.